The molecule has 0 unspecified atom stereocenters. The first-order chi connectivity index (χ1) is 4.50. The Morgan fingerprint density at radius 3 is 1.00 bits per heavy atom. The van der Waals surface area contributed by atoms with Crippen LogP contribution in [-0.4, -0.2) is 16.0 Å². The molecule has 0 aromatic carbocycles. The van der Waals surface area contributed by atoms with Gasteiger partial charge in [-0.05, 0) is 12.3 Å². The lowest BCUT2D eigenvalue weighted by Gasteiger charge is -2.45. The van der Waals surface area contributed by atoms with Crippen LogP contribution in [0.5, 0.6) is 0 Å². The zero-order chi connectivity index (χ0) is 9.50. The SMILES string of the molecule is CC(C)(C)C(C)(C)C(C)(O)O. The number of aliphatic hydroxyl groups is 2. The molecule has 0 aromatic rings. The van der Waals surface area contributed by atoms with Crippen LogP contribution in [0.4, 0.5) is 0 Å². The Morgan fingerprint density at radius 2 is 1.00 bits per heavy atom. The van der Waals surface area contributed by atoms with Crippen molar-refractivity contribution in [2.24, 2.45) is 10.8 Å². The van der Waals surface area contributed by atoms with Crippen molar-refractivity contribution in [2.45, 2.75) is 47.3 Å². The predicted octanol–water partition coefficient (Wildman–Crippen LogP) is 1.76. The van der Waals surface area contributed by atoms with Gasteiger partial charge < -0.3 is 10.2 Å². The van der Waals surface area contributed by atoms with Crippen molar-refractivity contribution >= 4 is 0 Å². The van der Waals surface area contributed by atoms with E-state index in [0.29, 0.717) is 0 Å². The molecule has 0 saturated carbocycles. The second-order valence-corrected chi connectivity index (χ2v) is 4.90. The summed E-state index contributed by atoms with van der Waals surface area (Å²) in [6.45, 7) is 11.1. The fourth-order valence-electron chi connectivity index (χ4n) is 0.710. The quantitative estimate of drug-likeness (QED) is 0.574. The molecule has 0 aliphatic carbocycles. The average Bonchev–Trinajstić information content (AvgIpc) is 1.58. The molecular formula is C9H20O2. The molecule has 0 saturated heterocycles. The molecule has 11 heavy (non-hydrogen) atoms. The Labute approximate surface area is 69.2 Å². The van der Waals surface area contributed by atoms with Gasteiger partial charge in [0.2, 0.25) is 0 Å². The van der Waals surface area contributed by atoms with Crippen molar-refractivity contribution in [1.82, 2.24) is 0 Å². The van der Waals surface area contributed by atoms with Crippen LogP contribution < -0.4 is 0 Å². The Hall–Kier alpha value is -0.0800. The molecule has 0 rings (SSSR count). The van der Waals surface area contributed by atoms with Gasteiger partial charge in [0.25, 0.3) is 0 Å². The summed E-state index contributed by atoms with van der Waals surface area (Å²) in [6, 6.07) is 0. The lowest BCUT2D eigenvalue weighted by molar-refractivity contribution is -0.248. The first kappa shape index (κ1) is 10.9. The Morgan fingerprint density at radius 1 is 0.727 bits per heavy atom. The molecule has 0 aromatic heterocycles. The Balaban J connectivity index is 4.75. The third-order valence-corrected chi connectivity index (χ3v) is 3.06. The minimum Gasteiger partial charge on any atom is -0.365 e. The van der Waals surface area contributed by atoms with Gasteiger partial charge in [0.15, 0.2) is 5.79 Å². The normalized spacial score (nSPS) is 15.3. The van der Waals surface area contributed by atoms with Gasteiger partial charge in [0.1, 0.15) is 0 Å². The zero-order valence-corrected chi connectivity index (χ0v) is 8.39. The summed E-state index contributed by atoms with van der Waals surface area (Å²) in [7, 11) is 0. The van der Waals surface area contributed by atoms with Crippen molar-refractivity contribution in [2.75, 3.05) is 0 Å². The van der Waals surface area contributed by atoms with Crippen LogP contribution in [0.3, 0.4) is 0 Å². The Kier molecular flexibility index (Phi) is 2.44. The second kappa shape index (κ2) is 2.46. The summed E-state index contributed by atoms with van der Waals surface area (Å²) in [5, 5.41) is 18.9. The molecule has 0 heterocycles. The first-order valence-electron chi connectivity index (χ1n) is 3.95. The van der Waals surface area contributed by atoms with E-state index in [1.54, 1.807) is 0 Å². The molecule has 0 aliphatic heterocycles. The fraction of sp³-hybridized carbons (Fsp3) is 1.00. The van der Waals surface area contributed by atoms with Gasteiger partial charge in [-0.3, -0.25) is 0 Å². The van der Waals surface area contributed by atoms with Gasteiger partial charge in [-0.1, -0.05) is 34.6 Å². The molecular weight excluding hydrogens is 140 g/mol. The largest absolute Gasteiger partial charge is 0.365 e. The average molecular weight is 160 g/mol. The highest BCUT2D eigenvalue weighted by Crippen LogP contribution is 2.44. The van der Waals surface area contributed by atoms with Crippen LogP contribution in [0.25, 0.3) is 0 Å². The zero-order valence-electron chi connectivity index (χ0n) is 8.39. The standard InChI is InChI=1S/C9H20O2/c1-7(2,3)8(4,5)9(6,10)11/h10-11H,1-6H3. The topological polar surface area (TPSA) is 40.5 Å². The van der Waals surface area contributed by atoms with Crippen molar-refractivity contribution in [3.05, 3.63) is 0 Å². The highest BCUT2D eigenvalue weighted by Gasteiger charge is 2.46. The maximum atomic E-state index is 9.44. The van der Waals surface area contributed by atoms with Gasteiger partial charge in [-0.15, -0.1) is 0 Å². The second-order valence-electron chi connectivity index (χ2n) is 4.90. The van der Waals surface area contributed by atoms with E-state index in [4.69, 9.17) is 0 Å². The highest BCUT2D eigenvalue weighted by atomic mass is 16.5. The van der Waals surface area contributed by atoms with Crippen molar-refractivity contribution in [1.29, 1.82) is 0 Å². The van der Waals surface area contributed by atoms with Crippen LogP contribution >= 0.6 is 0 Å². The van der Waals surface area contributed by atoms with E-state index in [9.17, 15) is 10.2 Å². The third-order valence-electron chi connectivity index (χ3n) is 3.06. The lowest BCUT2D eigenvalue weighted by Crippen LogP contribution is -2.49. The molecule has 0 atom stereocenters. The van der Waals surface area contributed by atoms with E-state index in [2.05, 4.69) is 0 Å². The van der Waals surface area contributed by atoms with Crippen LogP contribution in [0.15, 0.2) is 0 Å². The summed E-state index contributed by atoms with van der Waals surface area (Å²) >= 11 is 0. The van der Waals surface area contributed by atoms with Gasteiger partial charge in [-0.2, -0.15) is 0 Å². The van der Waals surface area contributed by atoms with Crippen LogP contribution in [0.1, 0.15) is 41.5 Å². The number of hydrogen-bond acceptors (Lipinski definition) is 2. The van der Waals surface area contributed by atoms with Gasteiger partial charge in [0, 0.05) is 5.41 Å². The van der Waals surface area contributed by atoms with E-state index in [1.807, 2.05) is 34.6 Å². The predicted molar refractivity (Wildman–Crippen MR) is 46.1 cm³/mol. The van der Waals surface area contributed by atoms with Gasteiger partial charge in [0.05, 0.1) is 0 Å². The van der Waals surface area contributed by atoms with Crippen LogP contribution in [-0.2, 0) is 0 Å². The maximum absolute atomic E-state index is 9.44. The summed E-state index contributed by atoms with van der Waals surface area (Å²) in [4.78, 5) is 0. The summed E-state index contributed by atoms with van der Waals surface area (Å²) in [6.07, 6.45) is 0. The molecule has 0 radical (unpaired) electrons. The van der Waals surface area contributed by atoms with E-state index < -0.39 is 11.2 Å². The third kappa shape index (κ3) is 1.94. The lowest BCUT2D eigenvalue weighted by atomic mass is 9.65. The van der Waals surface area contributed by atoms with E-state index >= 15 is 0 Å². The molecule has 0 amide bonds. The highest BCUT2D eigenvalue weighted by molar-refractivity contribution is 4.90. The molecule has 0 fully saturated rings. The molecule has 2 nitrogen and oxygen atoms in total. The number of hydrogen-bond donors (Lipinski definition) is 2. The maximum Gasteiger partial charge on any atom is 0.165 e. The number of rotatable bonds is 1. The molecule has 2 N–H and O–H groups in total. The van der Waals surface area contributed by atoms with Crippen LogP contribution in [0.2, 0.25) is 0 Å². The van der Waals surface area contributed by atoms with Crippen LogP contribution in [0, 0.1) is 10.8 Å². The van der Waals surface area contributed by atoms with E-state index in [0.717, 1.165) is 0 Å². The van der Waals surface area contributed by atoms with Gasteiger partial charge in [-0.25, -0.2) is 0 Å². The monoisotopic (exact) mass is 160 g/mol. The van der Waals surface area contributed by atoms with Gasteiger partial charge >= 0.3 is 0 Å². The molecule has 0 spiro atoms. The van der Waals surface area contributed by atoms with Crippen molar-refractivity contribution < 1.29 is 10.2 Å². The van der Waals surface area contributed by atoms with Crippen molar-refractivity contribution in [3.8, 4) is 0 Å². The molecule has 0 bridgehead atoms. The molecule has 2 heteroatoms. The summed E-state index contributed by atoms with van der Waals surface area (Å²) in [5.74, 6) is -1.62. The van der Waals surface area contributed by atoms with E-state index in [-0.39, 0.29) is 5.41 Å². The summed E-state index contributed by atoms with van der Waals surface area (Å²) in [5.41, 5.74) is -0.634. The Bertz CT molecular complexity index is 119. The first-order valence-corrected chi connectivity index (χ1v) is 3.95. The minimum absolute atomic E-state index is 0.120. The molecule has 0 aliphatic rings. The summed E-state index contributed by atoms with van der Waals surface area (Å²) < 4.78 is 0. The fourth-order valence-corrected chi connectivity index (χ4v) is 0.710. The van der Waals surface area contributed by atoms with E-state index in [1.165, 1.54) is 6.92 Å². The molecule has 68 valence electrons. The van der Waals surface area contributed by atoms with Crippen molar-refractivity contribution in [3.63, 3.8) is 0 Å². The minimum atomic E-state index is -1.62. The smallest absolute Gasteiger partial charge is 0.165 e.